The van der Waals surface area contributed by atoms with Crippen LogP contribution >= 0.6 is 35.2 Å². The van der Waals surface area contributed by atoms with Gasteiger partial charge in [0.2, 0.25) is 11.8 Å². The molecule has 29 heteroatoms. The standard InChI is InChI=1S/C27H44N7O18P3S/c1-14(2)26(39)49-15(3)56-9-8-29-17(35)6-7-30-24(38)21(37)27(4,5)11-48-55(45,46)52-54(43,44)47-10-16-20(51-53(40,41)42)19(36)25(50-16)34-13-33-18-22(28)31-12-32-23(18)34/h12-13,15-16,19-21,25,36-37H,1,6-11H2,2-5H3,(H,29,35)(H,30,38)(H,43,44)(H,45,46)(H2,28,31,32)(H2,40,41,42)/t15?,16-,19-,20-,21+,25-/m1/s1. The number of aliphatic hydroxyl groups excluding tert-OH is 2. The third-order valence-electron chi connectivity index (χ3n) is 7.48. The number of carbonyl (C=O) groups excluding carboxylic acids is 3. The van der Waals surface area contributed by atoms with E-state index in [1.807, 2.05) is 0 Å². The summed E-state index contributed by atoms with van der Waals surface area (Å²) in [4.78, 5) is 87.1. The highest BCUT2D eigenvalue weighted by molar-refractivity contribution is 7.99. The van der Waals surface area contributed by atoms with Crippen LogP contribution in [-0.2, 0) is 55.4 Å². The second-order valence-corrected chi connectivity index (χ2v) is 18.3. The minimum Gasteiger partial charge on any atom is -0.448 e. The average Bonchev–Trinajstić information content (AvgIpc) is 3.64. The molecular weight excluding hydrogens is 835 g/mol. The molecule has 3 heterocycles. The highest BCUT2D eigenvalue weighted by atomic mass is 32.2. The summed E-state index contributed by atoms with van der Waals surface area (Å²) in [7, 11) is -16.4. The molecule has 1 aliphatic heterocycles. The molecule has 0 saturated carbocycles. The molecule has 316 valence electrons. The minimum absolute atomic E-state index is 0.0277. The van der Waals surface area contributed by atoms with Crippen molar-refractivity contribution >= 4 is 70.0 Å². The highest BCUT2D eigenvalue weighted by Gasteiger charge is 2.50. The molecule has 2 aromatic rings. The second-order valence-electron chi connectivity index (χ2n) is 12.7. The number of rotatable bonds is 22. The first-order valence-corrected chi connectivity index (χ1v) is 21.8. The fourth-order valence-electron chi connectivity index (χ4n) is 4.64. The van der Waals surface area contributed by atoms with E-state index in [1.54, 1.807) is 6.92 Å². The summed E-state index contributed by atoms with van der Waals surface area (Å²) in [5.74, 6) is -1.58. The zero-order chi connectivity index (χ0) is 42.2. The maximum Gasteiger partial charge on any atom is 0.481 e. The molecule has 1 saturated heterocycles. The summed E-state index contributed by atoms with van der Waals surface area (Å²) < 4.78 is 67.2. The monoisotopic (exact) mass is 879 g/mol. The van der Waals surface area contributed by atoms with Gasteiger partial charge < -0.3 is 55.6 Å². The third kappa shape index (κ3) is 14.2. The number of anilines is 1. The highest BCUT2D eigenvalue weighted by Crippen LogP contribution is 2.61. The first-order valence-electron chi connectivity index (χ1n) is 16.2. The number of aliphatic hydroxyl groups is 2. The van der Waals surface area contributed by atoms with E-state index in [4.69, 9.17) is 24.3 Å². The number of phosphoric ester groups is 3. The Kier molecular flexibility index (Phi) is 16.7. The number of nitrogens with zero attached hydrogens (tertiary/aromatic N) is 4. The van der Waals surface area contributed by atoms with Crippen molar-refractivity contribution in [3.8, 4) is 0 Å². The van der Waals surface area contributed by atoms with Gasteiger partial charge in [0.15, 0.2) is 17.7 Å². The normalized spacial score (nSPS) is 22.1. The molecule has 0 radical (unpaired) electrons. The summed E-state index contributed by atoms with van der Waals surface area (Å²) in [6.07, 6.45) is -6.94. The van der Waals surface area contributed by atoms with Gasteiger partial charge in [-0.05, 0) is 13.8 Å². The van der Waals surface area contributed by atoms with Crippen LogP contribution in [0.15, 0.2) is 24.8 Å². The quantitative estimate of drug-likeness (QED) is 0.0239. The number of amides is 2. The van der Waals surface area contributed by atoms with E-state index in [0.29, 0.717) is 5.75 Å². The van der Waals surface area contributed by atoms with Crippen molar-refractivity contribution in [2.75, 3.05) is 37.8 Å². The number of phosphoric acid groups is 3. The van der Waals surface area contributed by atoms with Gasteiger partial charge in [0.1, 0.15) is 41.7 Å². The molecular formula is C27H44N7O18P3S. The van der Waals surface area contributed by atoms with E-state index in [-0.39, 0.29) is 42.1 Å². The van der Waals surface area contributed by atoms with Gasteiger partial charge in [0.25, 0.3) is 0 Å². The maximum atomic E-state index is 12.7. The van der Waals surface area contributed by atoms with Crippen molar-refractivity contribution in [2.45, 2.75) is 70.2 Å². The van der Waals surface area contributed by atoms with Crippen molar-refractivity contribution in [3.05, 3.63) is 24.8 Å². The number of imidazole rings is 1. The molecule has 2 amide bonds. The lowest BCUT2D eigenvalue weighted by Gasteiger charge is -2.30. The van der Waals surface area contributed by atoms with Gasteiger partial charge in [-0.1, -0.05) is 20.4 Å². The first-order chi connectivity index (χ1) is 25.8. The van der Waals surface area contributed by atoms with Crippen LogP contribution in [-0.4, -0.2) is 129 Å². The Morgan fingerprint density at radius 3 is 2.39 bits per heavy atom. The lowest BCUT2D eigenvalue weighted by Crippen LogP contribution is -2.46. The average molecular weight is 880 g/mol. The minimum atomic E-state index is -5.57. The maximum absolute atomic E-state index is 12.7. The zero-order valence-corrected chi connectivity index (χ0v) is 33.8. The van der Waals surface area contributed by atoms with E-state index in [0.717, 1.165) is 17.2 Å². The lowest BCUT2D eigenvalue weighted by atomic mass is 9.87. The molecule has 3 rings (SSSR count). The van der Waals surface area contributed by atoms with Crippen molar-refractivity contribution in [3.63, 3.8) is 0 Å². The van der Waals surface area contributed by atoms with Crippen LogP contribution < -0.4 is 16.4 Å². The SMILES string of the molecule is C=C(C)C(=O)OC(C)SCCNC(=O)CCNC(=O)[C@H](O)C(C)(C)COP(=O)(O)OP(=O)(O)OC[C@H]1O[C@@H](n2cnc3c(N)ncnc32)[C@H](O)[C@@H]1OP(=O)(O)O. The van der Waals surface area contributed by atoms with Crippen LogP contribution in [0.2, 0.25) is 0 Å². The number of aromatic nitrogens is 4. The Bertz CT molecular complexity index is 1880. The smallest absolute Gasteiger partial charge is 0.448 e. The summed E-state index contributed by atoms with van der Waals surface area (Å²) in [6.45, 7) is 7.16. The van der Waals surface area contributed by atoms with Gasteiger partial charge >= 0.3 is 29.4 Å². The number of fused-ring (bicyclic) bond motifs is 1. The molecule has 2 aromatic heterocycles. The van der Waals surface area contributed by atoms with Crippen molar-refractivity contribution in [1.82, 2.24) is 30.2 Å². The van der Waals surface area contributed by atoms with Gasteiger partial charge in [-0.3, -0.25) is 27.7 Å². The predicted molar refractivity (Wildman–Crippen MR) is 192 cm³/mol. The molecule has 0 bridgehead atoms. The van der Waals surface area contributed by atoms with E-state index < -0.39 is 96.0 Å². The molecule has 10 N–H and O–H groups in total. The van der Waals surface area contributed by atoms with Gasteiger partial charge in [-0.15, -0.1) is 11.8 Å². The molecule has 56 heavy (non-hydrogen) atoms. The molecule has 0 aliphatic carbocycles. The van der Waals surface area contributed by atoms with Gasteiger partial charge in [-0.25, -0.2) is 33.4 Å². The number of nitrogens with two attached hydrogens (primary N) is 1. The van der Waals surface area contributed by atoms with Crippen LogP contribution in [0, 0.1) is 5.41 Å². The van der Waals surface area contributed by atoms with E-state index in [1.165, 1.54) is 32.5 Å². The van der Waals surface area contributed by atoms with Crippen molar-refractivity contribution < 1.29 is 85.2 Å². The van der Waals surface area contributed by atoms with Crippen LogP contribution in [0.25, 0.3) is 11.2 Å². The Morgan fingerprint density at radius 2 is 1.75 bits per heavy atom. The molecule has 25 nitrogen and oxygen atoms in total. The van der Waals surface area contributed by atoms with Crippen LogP contribution in [0.5, 0.6) is 0 Å². The number of ether oxygens (including phenoxy) is 2. The Morgan fingerprint density at radius 1 is 1.09 bits per heavy atom. The van der Waals surface area contributed by atoms with Gasteiger partial charge in [0, 0.05) is 36.3 Å². The zero-order valence-electron chi connectivity index (χ0n) is 30.3. The fraction of sp³-hybridized carbons (Fsp3) is 0.630. The van der Waals surface area contributed by atoms with E-state index >= 15 is 0 Å². The van der Waals surface area contributed by atoms with E-state index in [2.05, 4.69) is 41.0 Å². The molecule has 3 unspecified atom stereocenters. The summed E-state index contributed by atoms with van der Waals surface area (Å²) in [5, 5.41) is 26.4. The molecule has 0 aromatic carbocycles. The number of nitrogens with one attached hydrogen (secondary N) is 2. The number of nitrogen functional groups attached to an aromatic ring is 1. The fourth-order valence-corrected chi connectivity index (χ4v) is 8.18. The number of esters is 1. The summed E-state index contributed by atoms with van der Waals surface area (Å²) in [6, 6.07) is 0. The predicted octanol–water partition coefficient (Wildman–Crippen LogP) is -0.397. The number of carbonyl (C=O) groups is 3. The van der Waals surface area contributed by atoms with Crippen LogP contribution in [0.4, 0.5) is 5.82 Å². The first kappa shape index (κ1) is 47.5. The number of hydrogen-bond donors (Lipinski definition) is 9. The molecule has 8 atom stereocenters. The van der Waals surface area contributed by atoms with Crippen molar-refractivity contribution in [1.29, 1.82) is 0 Å². The second kappa shape index (κ2) is 19.7. The molecule has 0 spiro atoms. The largest absolute Gasteiger partial charge is 0.481 e. The lowest BCUT2D eigenvalue weighted by molar-refractivity contribution is -0.140. The number of thioether (sulfide) groups is 1. The summed E-state index contributed by atoms with van der Waals surface area (Å²) >= 11 is 1.27. The molecule has 1 fully saturated rings. The topological polar surface area (TPSA) is 373 Å². The van der Waals surface area contributed by atoms with Gasteiger partial charge in [-0.2, -0.15) is 4.31 Å². The van der Waals surface area contributed by atoms with Crippen molar-refractivity contribution in [2.24, 2.45) is 5.41 Å². The van der Waals surface area contributed by atoms with E-state index in [9.17, 15) is 57.9 Å². The number of hydrogen-bond acceptors (Lipinski definition) is 19. The Balaban J connectivity index is 1.48. The Hall–Kier alpha value is -2.90. The third-order valence-corrected chi connectivity index (χ3v) is 11.6. The van der Waals surface area contributed by atoms with Gasteiger partial charge in [0.05, 0.1) is 19.5 Å². The summed E-state index contributed by atoms with van der Waals surface area (Å²) in [5.41, 5.74) is 4.03. The van der Waals surface area contributed by atoms with Crippen LogP contribution in [0.3, 0.4) is 0 Å². The van der Waals surface area contributed by atoms with Crippen LogP contribution in [0.1, 0.15) is 40.3 Å². The molecule has 1 aliphatic rings. The Labute approximate surface area is 323 Å².